The van der Waals surface area contributed by atoms with Crippen LogP contribution in [0.2, 0.25) is 0 Å². The normalized spacial score (nSPS) is 12.7. The molecule has 0 bridgehead atoms. The SMILES string of the molecule is CN=C(NCc1cccc(OCC(F)(F)F)c1)NCC(CO)c1ccccc1.I. The van der Waals surface area contributed by atoms with E-state index in [2.05, 4.69) is 15.6 Å². The Hall–Kier alpha value is -2.01. The van der Waals surface area contributed by atoms with Crippen molar-refractivity contribution in [2.45, 2.75) is 18.6 Å². The van der Waals surface area contributed by atoms with E-state index in [9.17, 15) is 18.3 Å². The maximum Gasteiger partial charge on any atom is 0.422 e. The van der Waals surface area contributed by atoms with E-state index in [0.29, 0.717) is 19.0 Å². The Balaban J connectivity index is 0.00000420. The molecule has 2 rings (SSSR count). The van der Waals surface area contributed by atoms with E-state index in [1.165, 1.54) is 6.07 Å². The summed E-state index contributed by atoms with van der Waals surface area (Å²) in [6.45, 7) is -0.491. The molecule has 0 fully saturated rings. The topological polar surface area (TPSA) is 65.9 Å². The highest BCUT2D eigenvalue weighted by Crippen LogP contribution is 2.19. The zero-order valence-electron chi connectivity index (χ0n) is 15.9. The van der Waals surface area contributed by atoms with Gasteiger partial charge in [-0.15, -0.1) is 24.0 Å². The summed E-state index contributed by atoms with van der Waals surface area (Å²) in [5.74, 6) is 0.596. The molecule has 5 nitrogen and oxygen atoms in total. The van der Waals surface area contributed by atoms with Crippen LogP contribution < -0.4 is 15.4 Å². The highest BCUT2D eigenvalue weighted by Gasteiger charge is 2.28. The molecule has 1 unspecified atom stereocenters. The molecule has 0 aliphatic carbocycles. The molecule has 0 saturated carbocycles. The van der Waals surface area contributed by atoms with Gasteiger partial charge in [0.05, 0.1) is 6.61 Å². The molecule has 0 aliphatic rings. The quantitative estimate of drug-likeness (QED) is 0.281. The minimum atomic E-state index is -4.37. The predicted molar refractivity (Wildman–Crippen MR) is 118 cm³/mol. The summed E-state index contributed by atoms with van der Waals surface area (Å²) in [7, 11) is 1.62. The molecule has 2 aromatic rings. The van der Waals surface area contributed by atoms with Gasteiger partial charge in [-0.2, -0.15) is 13.2 Å². The van der Waals surface area contributed by atoms with Crippen molar-refractivity contribution in [3.05, 3.63) is 65.7 Å². The maximum absolute atomic E-state index is 12.3. The van der Waals surface area contributed by atoms with Crippen LogP contribution in [0.5, 0.6) is 5.75 Å². The number of hydrogen-bond acceptors (Lipinski definition) is 3. The molecule has 0 saturated heterocycles. The van der Waals surface area contributed by atoms with Gasteiger partial charge in [-0.1, -0.05) is 42.5 Å². The monoisotopic (exact) mass is 523 g/mol. The maximum atomic E-state index is 12.3. The van der Waals surface area contributed by atoms with Crippen molar-refractivity contribution in [3.8, 4) is 5.75 Å². The van der Waals surface area contributed by atoms with E-state index in [4.69, 9.17) is 4.74 Å². The highest BCUT2D eigenvalue weighted by atomic mass is 127. The number of aliphatic hydroxyl groups is 1. The van der Waals surface area contributed by atoms with Gasteiger partial charge in [0, 0.05) is 26.1 Å². The third-order valence-corrected chi connectivity index (χ3v) is 3.99. The number of aliphatic imine (C=N–C) groups is 1. The van der Waals surface area contributed by atoms with E-state index in [1.54, 1.807) is 25.2 Å². The third-order valence-electron chi connectivity index (χ3n) is 3.99. The fourth-order valence-electron chi connectivity index (χ4n) is 2.55. The number of nitrogens with zero attached hydrogens (tertiary/aromatic N) is 1. The smallest absolute Gasteiger partial charge is 0.422 e. The molecule has 0 amide bonds. The van der Waals surface area contributed by atoms with Crippen LogP contribution in [0.15, 0.2) is 59.6 Å². The molecular formula is C20H25F3IN3O2. The summed E-state index contributed by atoms with van der Waals surface area (Å²) >= 11 is 0. The number of aliphatic hydroxyl groups excluding tert-OH is 1. The predicted octanol–water partition coefficient (Wildman–Crippen LogP) is 3.69. The second kappa shape index (κ2) is 12.5. The fourth-order valence-corrected chi connectivity index (χ4v) is 2.55. The summed E-state index contributed by atoms with van der Waals surface area (Å²) < 4.78 is 41.6. The average Bonchev–Trinajstić information content (AvgIpc) is 2.70. The molecule has 0 aliphatic heterocycles. The van der Waals surface area contributed by atoms with Crippen LogP contribution in [-0.4, -0.2) is 44.0 Å². The van der Waals surface area contributed by atoms with Crippen LogP contribution in [0, 0.1) is 0 Å². The van der Waals surface area contributed by atoms with Crippen molar-refractivity contribution in [2.75, 3.05) is 26.8 Å². The number of benzene rings is 2. The van der Waals surface area contributed by atoms with Crippen molar-refractivity contribution in [2.24, 2.45) is 4.99 Å². The van der Waals surface area contributed by atoms with Crippen LogP contribution in [0.3, 0.4) is 0 Å². The van der Waals surface area contributed by atoms with E-state index in [-0.39, 0.29) is 42.3 Å². The number of guanidine groups is 1. The zero-order valence-corrected chi connectivity index (χ0v) is 18.3. The van der Waals surface area contributed by atoms with Crippen molar-refractivity contribution in [1.82, 2.24) is 10.6 Å². The van der Waals surface area contributed by atoms with Crippen LogP contribution >= 0.6 is 24.0 Å². The van der Waals surface area contributed by atoms with Crippen molar-refractivity contribution >= 4 is 29.9 Å². The minimum absolute atomic E-state index is 0. The molecular weight excluding hydrogens is 498 g/mol. The second-order valence-electron chi connectivity index (χ2n) is 6.15. The molecule has 2 aromatic carbocycles. The first-order chi connectivity index (χ1) is 13.4. The van der Waals surface area contributed by atoms with Crippen LogP contribution in [0.25, 0.3) is 0 Å². The summed E-state index contributed by atoms with van der Waals surface area (Å²) in [6, 6.07) is 16.1. The third kappa shape index (κ3) is 9.35. The Morgan fingerprint density at radius 3 is 2.45 bits per heavy atom. The standard InChI is InChI=1S/C20H24F3N3O2.HI/c1-24-19(26-12-17(13-27)16-7-3-2-4-8-16)25-11-15-6-5-9-18(10-15)28-14-20(21,22)23;/h2-10,17,27H,11-14H2,1H3,(H2,24,25,26);1H. The van der Waals surface area contributed by atoms with Gasteiger partial charge in [0.25, 0.3) is 0 Å². The van der Waals surface area contributed by atoms with Crippen LogP contribution in [0.1, 0.15) is 17.0 Å². The molecule has 0 radical (unpaired) electrons. The summed E-state index contributed by atoms with van der Waals surface area (Å²) in [5, 5.41) is 15.9. The van der Waals surface area contributed by atoms with Crippen molar-refractivity contribution < 1.29 is 23.0 Å². The van der Waals surface area contributed by atoms with E-state index >= 15 is 0 Å². The molecule has 3 N–H and O–H groups in total. The summed E-state index contributed by atoms with van der Waals surface area (Å²) in [4.78, 5) is 4.13. The lowest BCUT2D eigenvalue weighted by molar-refractivity contribution is -0.153. The first kappa shape index (κ1) is 25.0. The number of alkyl halides is 3. The highest BCUT2D eigenvalue weighted by molar-refractivity contribution is 14.0. The fraction of sp³-hybridized carbons (Fsp3) is 0.350. The van der Waals surface area contributed by atoms with Gasteiger partial charge in [0.15, 0.2) is 12.6 Å². The van der Waals surface area contributed by atoms with Crippen LogP contribution in [0.4, 0.5) is 13.2 Å². The molecule has 9 heteroatoms. The summed E-state index contributed by atoms with van der Waals surface area (Å²) in [5.41, 5.74) is 1.77. The Morgan fingerprint density at radius 1 is 1.10 bits per heavy atom. The second-order valence-corrected chi connectivity index (χ2v) is 6.15. The number of nitrogens with one attached hydrogen (secondary N) is 2. The lowest BCUT2D eigenvalue weighted by Gasteiger charge is -2.18. The van der Waals surface area contributed by atoms with Gasteiger partial charge < -0.3 is 20.5 Å². The number of halogens is 4. The van der Waals surface area contributed by atoms with Gasteiger partial charge in [0.1, 0.15) is 5.75 Å². The number of rotatable bonds is 8. The molecule has 29 heavy (non-hydrogen) atoms. The van der Waals surface area contributed by atoms with Gasteiger partial charge >= 0.3 is 6.18 Å². The average molecular weight is 523 g/mol. The Bertz CT molecular complexity index is 758. The largest absolute Gasteiger partial charge is 0.484 e. The van der Waals surface area contributed by atoms with Gasteiger partial charge in [-0.25, -0.2) is 0 Å². The van der Waals surface area contributed by atoms with E-state index < -0.39 is 12.8 Å². The van der Waals surface area contributed by atoms with Crippen molar-refractivity contribution in [1.29, 1.82) is 0 Å². The molecule has 0 heterocycles. The minimum Gasteiger partial charge on any atom is -0.484 e. The van der Waals surface area contributed by atoms with Crippen molar-refractivity contribution in [3.63, 3.8) is 0 Å². The lowest BCUT2D eigenvalue weighted by Crippen LogP contribution is -2.39. The lowest BCUT2D eigenvalue weighted by atomic mass is 10.0. The summed E-state index contributed by atoms with van der Waals surface area (Å²) in [6.07, 6.45) is -4.37. The number of hydrogen-bond donors (Lipinski definition) is 3. The Kier molecular flexibility index (Phi) is 10.8. The Labute approximate surface area is 185 Å². The van der Waals surface area contributed by atoms with Gasteiger partial charge in [-0.05, 0) is 23.3 Å². The number of ether oxygens (including phenoxy) is 1. The van der Waals surface area contributed by atoms with E-state index in [1.807, 2.05) is 30.3 Å². The molecule has 0 spiro atoms. The van der Waals surface area contributed by atoms with Gasteiger partial charge in [-0.3, -0.25) is 4.99 Å². The van der Waals surface area contributed by atoms with Gasteiger partial charge in [0.2, 0.25) is 0 Å². The zero-order chi connectivity index (χ0) is 20.4. The molecule has 160 valence electrons. The molecule has 0 aromatic heterocycles. The van der Waals surface area contributed by atoms with E-state index in [0.717, 1.165) is 11.1 Å². The Morgan fingerprint density at radius 2 is 1.83 bits per heavy atom. The first-order valence-corrected chi connectivity index (χ1v) is 8.80. The van der Waals surface area contributed by atoms with Crippen LogP contribution in [-0.2, 0) is 6.54 Å². The first-order valence-electron chi connectivity index (χ1n) is 8.80. The molecule has 1 atom stereocenters.